The average Bonchev–Trinajstić information content (AvgIpc) is 3.35. The molecule has 2 aliphatic rings. The Morgan fingerprint density at radius 2 is 2.31 bits per heavy atom. The number of fused-ring (bicyclic) bond motifs is 2. The molecule has 0 amide bonds. The fourth-order valence-corrected chi connectivity index (χ4v) is 2.76. The molecule has 4 heterocycles. The number of thiocarbonyl (C=S) groups is 1. The van der Waals surface area contributed by atoms with Crippen molar-refractivity contribution in [2.24, 2.45) is 31.9 Å². The Balaban J connectivity index is 1.94. The summed E-state index contributed by atoms with van der Waals surface area (Å²) in [5.74, 6) is 0.451. The molecule has 4 rings (SSSR count). The minimum absolute atomic E-state index is 0.177. The van der Waals surface area contributed by atoms with Gasteiger partial charge in [0.15, 0.2) is 22.9 Å². The van der Waals surface area contributed by atoms with E-state index in [9.17, 15) is 4.79 Å². The van der Waals surface area contributed by atoms with Crippen LogP contribution >= 0.6 is 12.2 Å². The van der Waals surface area contributed by atoms with Gasteiger partial charge in [-0.05, 0) is 12.1 Å². The second-order valence-electron chi connectivity index (χ2n) is 5.23. The summed E-state index contributed by atoms with van der Waals surface area (Å²) < 4.78 is 5.48. The lowest BCUT2D eigenvalue weighted by Gasteiger charge is -2.14. The molecule has 0 bridgehead atoms. The summed E-state index contributed by atoms with van der Waals surface area (Å²) in [4.78, 5) is 16.4. The van der Waals surface area contributed by atoms with Crippen LogP contribution in [-0.4, -0.2) is 32.6 Å². The van der Waals surface area contributed by atoms with Crippen molar-refractivity contribution >= 4 is 40.2 Å². The van der Waals surface area contributed by atoms with E-state index in [1.807, 2.05) is 0 Å². The fraction of sp³-hybridized carbons (Fsp3) is 0.0714. The van der Waals surface area contributed by atoms with Crippen molar-refractivity contribution in [1.82, 2.24) is 15.6 Å². The van der Waals surface area contributed by atoms with Gasteiger partial charge in [0.1, 0.15) is 22.7 Å². The molecule has 1 atom stereocenters. The first-order valence-electron chi connectivity index (χ1n) is 7.22. The first kappa shape index (κ1) is 15.7. The smallest absolute Gasteiger partial charge is 0.273 e. The largest absolute Gasteiger partial charge is 0.465 e. The molecular formula is C14H9N9O2S. The molecule has 12 heteroatoms. The molecule has 5 N–H and O–H groups in total. The van der Waals surface area contributed by atoms with E-state index in [0.29, 0.717) is 27.9 Å². The predicted molar refractivity (Wildman–Crippen MR) is 94.7 cm³/mol. The topological polar surface area (TPSA) is 173 Å². The molecule has 2 aliphatic heterocycles. The van der Waals surface area contributed by atoms with Crippen molar-refractivity contribution in [1.29, 1.82) is 5.26 Å². The normalized spacial score (nSPS) is 19.9. The molecule has 0 radical (unpaired) electrons. The fourth-order valence-electron chi connectivity index (χ4n) is 2.67. The number of nitriles is 1. The number of furan rings is 1. The van der Waals surface area contributed by atoms with Crippen molar-refractivity contribution in [3.8, 4) is 6.07 Å². The summed E-state index contributed by atoms with van der Waals surface area (Å²) in [6.07, 6.45) is 1.49. The van der Waals surface area contributed by atoms with Crippen LogP contribution in [0.1, 0.15) is 5.76 Å². The standard InChI is InChI=1S/C14H9N9O2S/c15-4-5(10(16)26)18-21-13-8-7(6-2-1-3-25-6)9-12(20-23-14(9)24)17-11(8)19-22-13/h1-3,8H,(H2,16,26)(H,21,22)(H,23,24)(H,17,19,20)/b18-5+. The van der Waals surface area contributed by atoms with Crippen molar-refractivity contribution in [2.45, 2.75) is 0 Å². The van der Waals surface area contributed by atoms with Crippen LogP contribution in [0.3, 0.4) is 0 Å². The maximum Gasteiger partial charge on any atom is 0.273 e. The lowest BCUT2D eigenvalue weighted by Crippen LogP contribution is -2.44. The van der Waals surface area contributed by atoms with Crippen molar-refractivity contribution < 1.29 is 4.42 Å². The number of hydrazone groups is 1. The Labute approximate surface area is 149 Å². The Morgan fingerprint density at radius 1 is 1.46 bits per heavy atom. The summed E-state index contributed by atoms with van der Waals surface area (Å²) in [5.41, 5.74) is 8.42. The molecule has 11 nitrogen and oxygen atoms in total. The van der Waals surface area contributed by atoms with Gasteiger partial charge in [-0.15, -0.1) is 10.2 Å². The maximum absolute atomic E-state index is 12.3. The van der Waals surface area contributed by atoms with E-state index in [4.69, 9.17) is 27.6 Å². The Hall–Kier alpha value is -3.85. The molecule has 0 aromatic carbocycles. The van der Waals surface area contributed by atoms with E-state index in [1.54, 1.807) is 18.2 Å². The van der Waals surface area contributed by atoms with Gasteiger partial charge in [0.25, 0.3) is 5.56 Å². The third kappa shape index (κ3) is 2.34. The highest BCUT2D eigenvalue weighted by atomic mass is 32.1. The van der Waals surface area contributed by atoms with Gasteiger partial charge in [0.05, 0.1) is 11.5 Å². The van der Waals surface area contributed by atoms with Gasteiger partial charge in [0.2, 0.25) is 0 Å². The van der Waals surface area contributed by atoms with E-state index >= 15 is 0 Å². The summed E-state index contributed by atoms with van der Waals surface area (Å²) in [7, 11) is 0. The van der Waals surface area contributed by atoms with Crippen LogP contribution in [0.4, 0.5) is 0 Å². The lowest BCUT2D eigenvalue weighted by molar-refractivity contribution is 0.549. The Bertz CT molecular complexity index is 1220. The van der Waals surface area contributed by atoms with Crippen LogP contribution < -0.4 is 27.4 Å². The summed E-state index contributed by atoms with van der Waals surface area (Å²) in [6, 6.07) is 5.17. The molecular weight excluding hydrogens is 358 g/mol. The van der Waals surface area contributed by atoms with Gasteiger partial charge in [-0.25, -0.2) is 4.99 Å². The second-order valence-corrected chi connectivity index (χ2v) is 5.67. The molecule has 1 unspecified atom stereocenters. The van der Waals surface area contributed by atoms with Gasteiger partial charge in [0, 0.05) is 5.57 Å². The van der Waals surface area contributed by atoms with E-state index in [-0.39, 0.29) is 22.1 Å². The lowest BCUT2D eigenvalue weighted by atomic mass is 9.92. The van der Waals surface area contributed by atoms with Crippen molar-refractivity contribution in [2.75, 3.05) is 0 Å². The third-order valence-electron chi connectivity index (χ3n) is 3.74. The number of aromatic nitrogens is 2. The van der Waals surface area contributed by atoms with Crippen LogP contribution in [0, 0.1) is 17.2 Å². The average molecular weight is 367 g/mol. The highest BCUT2D eigenvalue weighted by molar-refractivity contribution is 7.82. The van der Waals surface area contributed by atoms with Gasteiger partial charge in [-0.3, -0.25) is 20.4 Å². The molecule has 2 aromatic heterocycles. The number of nitrogens with one attached hydrogen (secondary N) is 3. The monoisotopic (exact) mass is 367 g/mol. The summed E-state index contributed by atoms with van der Waals surface area (Å²) >= 11 is 4.73. The molecule has 2 aromatic rings. The highest BCUT2D eigenvalue weighted by Crippen LogP contribution is 2.27. The Morgan fingerprint density at radius 3 is 3.00 bits per heavy atom. The molecule has 0 saturated carbocycles. The number of aromatic amines is 2. The molecule has 26 heavy (non-hydrogen) atoms. The molecule has 0 saturated heterocycles. The quantitative estimate of drug-likeness (QED) is 0.284. The number of nitrogens with two attached hydrogens (primary N) is 1. The van der Waals surface area contributed by atoms with Crippen molar-refractivity contribution in [3.05, 3.63) is 45.2 Å². The molecule has 0 spiro atoms. The van der Waals surface area contributed by atoms with E-state index in [2.05, 4.69) is 35.9 Å². The van der Waals surface area contributed by atoms with Gasteiger partial charge in [-0.2, -0.15) is 10.4 Å². The highest BCUT2D eigenvalue weighted by Gasteiger charge is 2.37. The van der Waals surface area contributed by atoms with Crippen LogP contribution in [0.25, 0.3) is 5.57 Å². The number of hydrogen-bond acceptors (Lipinski definition) is 8. The van der Waals surface area contributed by atoms with E-state index in [1.165, 1.54) is 6.26 Å². The zero-order valence-corrected chi connectivity index (χ0v) is 13.7. The molecule has 0 aliphatic carbocycles. The third-order valence-corrected chi connectivity index (χ3v) is 3.94. The first-order valence-corrected chi connectivity index (χ1v) is 7.63. The van der Waals surface area contributed by atoms with Crippen LogP contribution in [0.15, 0.2) is 47.9 Å². The Kier molecular flexibility index (Phi) is 3.55. The maximum atomic E-state index is 12.3. The molecule has 0 fully saturated rings. The zero-order chi connectivity index (χ0) is 18.3. The minimum Gasteiger partial charge on any atom is -0.465 e. The van der Waals surface area contributed by atoms with E-state index < -0.39 is 5.92 Å². The van der Waals surface area contributed by atoms with Crippen molar-refractivity contribution in [3.63, 3.8) is 0 Å². The number of amidine groups is 2. The van der Waals surface area contributed by atoms with Crippen LogP contribution in [0.5, 0.6) is 0 Å². The second kappa shape index (κ2) is 5.90. The first-order chi connectivity index (χ1) is 12.6. The van der Waals surface area contributed by atoms with Crippen LogP contribution in [-0.2, 0) is 0 Å². The summed E-state index contributed by atoms with van der Waals surface area (Å²) in [6.45, 7) is 0. The predicted octanol–water partition coefficient (Wildman–Crippen LogP) is -1.77. The SMILES string of the molecule is N#C/C(=N\N=C1/NN=C2N=c3[nH][nH]c(=O)c3=C(c3ccco3)C21)C(N)=S. The number of H-pyrrole nitrogens is 2. The zero-order valence-electron chi connectivity index (χ0n) is 12.8. The van der Waals surface area contributed by atoms with Gasteiger partial charge < -0.3 is 10.2 Å². The number of hydrogen-bond donors (Lipinski definition) is 4. The number of rotatable bonds is 3. The number of nitrogens with zero attached hydrogens (tertiary/aromatic N) is 5. The van der Waals surface area contributed by atoms with E-state index in [0.717, 1.165) is 0 Å². The van der Waals surface area contributed by atoms with Gasteiger partial charge >= 0.3 is 0 Å². The van der Waals surface area contributed by atoms with Crippen LogP contribution in [0.2, 0.25) is 0 Å². The minimum atomic E-state index is -0.624. The molecule has 128 valence electrons. The summed E-state index contributed by atoms with van der Waals surface area (Å²) in [5, 5.41) is 26.4. The van der Waals surface area contributed by atoms with Gasteiger partial charge in [-0.1, -0.05) is 12.2 Å².